The van der Waals surface area contributed by atoms with Gasteiger partial charge in [0.25, 0.3) is 0 Å². The molecular weight excluding hydrogens is 256 g/mol. The molecule has 5 heteroatoms. The molecule has 1 N–H and O–H groups in total. The Bertz CT molecular complexity index is 373. The predicted molar refractivity (Wildman–Crippen MR) is 81.0 cm³/mol. The van der Waals surface area contributed by atoms with Crippen molar-refractivity contribution < 1.29 is 0 Å². The Balaban J connectivity index is 1.48. The van der Waals surface area contributed by atoms with Gasteiger partial charge in [-0.3, -0.25) is 4.90 Å². The van der Waals surface area contributed by atoms with Gasteiger partial charge in [-0.05, 0) is 31.8 Å². The zero-order chi connectivity index (χ0) is 13.1. The molecule has 2 unspecified atom stereocenters. The molecule has 0 spiro atoms. The van der Waals surface area contributed by atoms with Crippen LogP contribution < -0.4 is 10.2 Å². The van der Waals surface area contributed by atoms with E-state index in [1.54, 1.807) is 11.3 Å². The molecule has 19 heavy (non-hydrogen) atoms. The van der Waals surface area contributed by atoms with Crippen molar-refractivity contribution in [1.29, 1.82) is 0 Å². The molecule has 1 saturated heterocycles. The monoisotopic (exact) mass is 280 g/mol. The van der Waals surface area contributed by atoms with E-state index < -0.39 is 0 Å². The first-order chi connectivity index (χ1) is 9.38. The van der Waals surface area contributed by atoms with Crippen molar-refractivity contribution in [3.8, 4) is 0 Å². The van der Waals surface area contributed by atoms with Crippen molar-refractivity contribution in [3.63, 3.8) is 0 Å². The largest absolute Gasteiger partial charge is 0.346 e. The number of thiazole rings is 1. The molecule has 4 nitrogen and oxygen atoms in total. The molecule has 0 bridgehead atoms. The zero-order valence-corrected chi connectivity index (χ0v) is 12.5. The third-order valence-corrected chi connectivity index (χ3v) is 5.34. The van der Waals surface area contributed by atoms with Gasteiger partial charge in [-0.2, -0.15) is 0 Å². The molecule has 1 aliphatic carbocycles. The van der Waals surface area contributed by atoms with Gasteiger partial charge in [0.15, 0.2) is 5.13 Å². The van der Waals surface area contributed by atoms with E-state index >= 15 is 0 Å². The van der Waals surface area contributed by atoms with E-state index in [4.69, 9.17) is 0 Å². The van der Waals surface area contributed by atoms with Crippen LogP contribution in [0.4, 0.5) is 5.13 Å². The number of piperazine rings is 1. The lowest BCUT2D eigenvalue weighted by molar-refractivity contribution is 0.0575. The molecule has 106 valence electrons. The van der Waals surface area contributed by atoms with E-state index in [-0.39, 0.29) is 0 Å². The molecule has 1 aliphatic heterocycles. The number of aromatic nitrogens is 1. The molecule has 3 rings (SSSR count). The van der Waals surface area contributed by atoms with Gasteiger partial charge in [-0.1, -0.05) is 6.92 Å². The molecule has 2 heterocycles. The zero-order valence-electron chi connectivity index (χ0n) is 11.7. The number of hydrogen-bond acceptors (Lipinski definition) is 5. The molecule has 0 amide bonds. The van der Waals surface area contributed by atoms with Gasteiger partial charge in [-0.15, -0.1) is 11.3 Å². The first kappa shape index (κ1) is 13.3. The first-order valence-corrected chi connectivity index (χ1v) is 8.35. The Hall–Kier alpha value is -0.650. The molecule has 0 aromatic carbocycles. The van der Waals surface area contributed by atoms with Crippen LogP contribution in [0, 0.1) is 5.92 Å². The highest BCUT2D eigenvalue weighted by molar-refractivity contribution is 7.13. The predicted octanol–water partition coefficient (Wildman–Crippen LogP) is 1.65. The van der Waals surface area contributed by atoms with Crippen LogP contribution in [0.1, 0.15) is 19.8 Å². The van der Waals surface area contributed by atoms with Crippen LogP contribution in [0.3, 0.4) is 0 Å². The number of nitrogens with zero attached hydrogens (tertiary/aromatic N) is 3. The summed E-state index contributed by atoms with van der Waals surface area (Å²) < 4.78 is 0. The highest BCUT2D eigenvalue weighted by Crippen LogP contribution is 2.32. The second kappa shape index (κ2) is 6.20. The van der Waals surface area contributed by atoms with Crippen LogP contribution in [0.5, 0.6) is 0 Å². The summed E-state index contributed by atoms with van der Waals surface area (Å²) in [5.74, 6) is 0.881. The molecule has 2 atom stereocenters. The van der Waals surface area contributed by atoms with Gasteiger partial charge in [0.2, 0.25) is 0 Å². The molecular formula is C14H24N4S. The minimum absolute atomic E-state index is 0.831. The van der Waals surface area contributed by atoms with Crippen molar-refractivity contribution >= 4 is 16.5 Å². The van der Waals surface area contributed by atoms with Gasteiger partial charge in [0.1, 0.15) is 0 Å². The molecule has 1 saturated carbocycles. The fourth-order valence-corrected chi connectivity index (χ4v) is 3.91. The highest BCUT2D eigenvalue weighted by Gasteiger charge is 2.36. The average molecular weight is 280 g/mol. The highest BCUT2D eigenvalue weighted by atomic mass is 32.1. The van der Waals surface area contributed by atoms with Gasteiger partial charge in [0.05, 0.1) is 0 Å². The van der Waals surface area contributed by atoms with Crippen molar-refractivity contribution in [2.45, 2.75) is 25.8 Å². The maximum atomic E-state index is 4.42. The summed E-state index contributed by atoms with van der Waals surface area (Å²) in [6.07, 6.45) is 4.71. The Morgan fingerprint density at radius 2 is 2.16 bits per heavy atom. The molecule has 0 radical (unpaired) electrons. The third-order valence-electron chi connectivity index (χ3n) is 4.51. The Morgan fingerprint density at radius 3 is 2.74 bits per heavy atom. The van der Waals surface area contributed by atoms with Crippen molar-refractivity contribution in [3.05, 3.63) is 11.6 Å². The molecule has 1 aromatic rings. The maximum absolute atomic E-state index is 4.42. The van der Waals surface area contributed by atoms with Gasteiger partial charge < -0.3 is 10.2 Å². The van der Waals surface area contributed by atoms with E-state index in [9.17, 15) is 0 Å². The summed E-state index contributed by atoms with van der Waals surface area (Å²) >= 11 is 1.76. The van der Waals surface area contributed by atoms with Crippen molar-refractivity contribution in [1.82, 2.24) is 15.2 Å². The Labute approximate surface area is 119 Å². The Kier molecular flexibility index (Phi) is 4.35. The maximum Gasteiger partial charge on any atom is 0.185 e. The fourth-order valence-electron chi connectivity index (χ4n) is 3.22. The summed E-state index contributed by atoms with van der Waals surface area (Å²) in [6, 6.07) is 0.831. The van der Waals surface area contributed by atoms with E-state index in [0.29, 0.717) is 0 Å². The average Bonchev–Trinajstić information content (AvgIpc) is 2.93. The van der Waals surface area contributed by atoms with E-state index in [0.717, 1.165) is 31.6 Å². The summed E-state index contributed by atoms with van der Waals surface area (Å²) in [6.45, 7) is 9.17. The third kappa shape index (κ3) is 2.93. The van der Waals surface area contributed by atoms with Crippen LogP contribution in [-0.4, -0.2) is 55.2 Å². The lowest BCUT2D eigenvalue weighted by Gasteiger charge is -2.47. The molecule has 2 aliphatic rings. The lowest BCUT2D eigenvalue weighted by Crippen LogP contribution is -2.57. The topological polar surface area (TPSA) is 31.4 Å². The van der Waals surface area contributed by atoms with Crippen molar-refractivity contribution in [2.24, 2.45) is 5.92 Å². The minimum Gasteiger partial charge on any atom is -0.346 e. The van der Waals surface area contributed by atoms with Gasteiger partial charge in [0, 0.05) is 43.8 Å². The van der Waals surface area contributed by atoms with E-state index in [2.05, 4.69) is 32.4 Å². The number of hydrogen-bond donors (Lipinski definition) is 1. The molecule has 1 aromatic heterocycles. The first-order valence-electron chi connectivity index (χ1n) is 7.47. The van der Waals surface area contributed by atoms with Crippen molar-refractivity contribution in [2.75, 3.05) is 44.2 Å². The van der Waals surface area contributed by atoms with Crippen LogP contribution in [0.2, 0.25) is 0 Å². The van der Waals surface area contributed by atoms with Gasteiger partial charge in [-0.25, -0.2) is 4.98 Å². The van der Waals surface area contributed by atoms with Crippen LogP contribution in [0.15, 0.2) is 11.6 Å². The SMILES string of the molecule is CCNCC1CCC1N1CCN(c2nccs2)CC1. The number of anilines is 1. The lowest BCUT2D eigenvalue weighted by atomic mass is 9.78. The second-order valence-electron chi connectivity index (χ2n) is 5.55. The standard InChI is InChI=1S/C14H24N4S/c1-2-15-11-12-3-4-13(12)17-6-8-18(9-7-17)14-16-5-10-19-14/h5,10,12-13,15H,2-4,6-9,11H2,1H3. The van der Waals surface area contributed by atoms with E-state index in [1.165, 1.54) is 37.6 Å². The van der Waals surface area contributed by atoms with Crippen LogP contribution in [-0.2, 0) is 0 Å². The smallest absolute Gasteiger partial charge is 0.185 e. The molecule has 2 fully saturated rings. The summed E-state index contributed by atoms with van der Waals surface area (Å²) in [7, 11) is 0. The van der Waals surface area contributed by atoms with Crippen LogP contribution >= 0.6 is 11.3 Å². The summed E-state index contributed by atoms with van der Waals surface area (Å²) in [4.78, 5) is 9.55. The van der Waals surface area contributed by atoms with Gasteiger partial charge >= 0.3 is 0 Å². The normalized spacial score (nSPS) is 28.4. The fraction of sp³-hybridized carbons (Fsp3) is 0.786. The quantitative estimate of drug-likeness (QED) is 0.889. The van der Waals surface area contributed by atoms with E-state index in [1.807, 2.05) is 6.20 Å². The minimum atomic E-state index is 0.831. The second-order valence-corrected chi connectivity index (χ2v) is 6.42. The Morgan fingerprint density at radius 1 is 1.32 bits per heavy atom. The van der Waals surface area contributed by atoms with Crippen LogP contribution in [0.25, 0.3) is 0 Å². The summed E-state index contributed by atoms with van der Waals surface area (Å²) in [5.41, 5.74) is 0. The summed E-state index contributed by atoms with van der Waals surface area (Å²) in [5, 5.41) is 6.77. The number of nitrogens with one attached hydrogen (secondary N) is 1. The number of rotatable bonds is 5.